The Labute approximate surface area is 126 Å². The molecule has 0 amide bonds. The molecule has 0 saturated carbocycles. The van der Waals surface area contributed by atoms with E-state index in [1.54, 1.807) is 26.0 Å². The van der Waals surface area contributed by atoms with Gasteiger partial charge in [0.05, 0.1) is 4.92 Å². The minimum absolute atomic E-state index is 0.0463. The Morgan fingerprint density at radius 1 is 1.24 bits per heavy atom. The van der Waals surface area contributed by atoms with Gasteiger partial charge in [-0.25, -0.2) is 4.39 Å². The van der Waals surface area contributed by atoms with E-state index in [1.807, 2.05) is 0 Å². The van der Waals surface area contributed by atoms with Gasteiger partial charge in [0.15, 0.2) is 0 Å². The Balaban J connectivity index is 2.24. The Hall–Kier alpha value is -2.14. The summed E-state index contributed by atoms with van der Waals surface area (Å²) in [5, 5.41) is 14.4. The fourth-order valence-electron chi connectivity index (χ4n) is 2.14. The number of rotatable bonds is 4. The molecular formula is C15H14ClFN2O2. The van der Waals surface area contributed by atoms with Gasteiger partial charge < -0.3 is 5.32 Å². The number of hydrogen-bond acceptors (Lipinski definition) is 3. The molecule has 0 aliphatic rings. The van der Waals surface area contributed by atoms with Crippen molar-refractivity contribution in [1.82, 2.24) is 0 Å². The van der Waals surface area contributed by atoms with Crippen LogP contribution in [0.15, 0.2) is 30.3 Å². The molecule has 2 rings (SSSR count). The fraction of sp³-hybridized carbons (Fsp3) is 0.200. The Kier molecular flexibility index (Phi) is 4.43. The molecule has 4 nitrogen and oxygen atoms in total. The summed E-state index contributed by atoms with van der Waals surface area (Å²) in [6.45, 7) is 3.73. The normalized spacial score (nSPS) is 10.5. The first-order chi connectivity index (χ1) is 9.88. The maximum Gasteiger partial charge on any atom is 0.292 e. The molecule has 0 heterocycles. The molecular weight excluding hydrogens is 295 g/mol. The van der Waals surface area contributed by atoms with Gasteiger partial charge in [0.2, 0.25) is 0 Å². The third-order valence-corrected chi connectivity index (χ3v) is 3.37. The molecule has 21 heavy (non-hydrogen) atoms. The molecule has 0 aliphatic carbocycles. The minimum Gasteiger partial charge on any atom is -0.375 e. The summed E-state index contributed by atoms with van der Waals surface area (Å²) in [6.07, 6.45) is 0. The highest BCUT2D eigenvalue weighted by Gasteiger charge is 2.14. The quantitative estimate of drug-likeness (QED) is 0.662. The van der Waals surface area contributed by atoms with Crippen molar-refractivity contribution in [2.24, 2.45) is 0 Å². The zero-order valence-electron chi connectivity index (χ0n) is 11.6. The predicted octanol–water partition coefficient (Wildman–Crippen LogP) is 4.62. The van der Waals surface area contributed by atoms with Gasteiger partial charge in [-0.15, -0.1) is 0 Å². The highest BCUT2D eigenvalue weighted by atomic mass is 35.5. The third kappa shape index (κ3) is 3.49. The summed E-state index contributed by atoms with van der Waals surface area (Å²) < 4.78 is 13.6. The van der Waals surface area contributed by atoms with Crippen molar-refractivity contribution in [2.75, 3.05) is 5.32 Å². The van der Waals surface area contributed by atoms with E-state index in [1.165, 1.54) is 18.2 Å². The molecule has 6 heteroatoms. The number of nitro benzene ring substituents is 1. The summed E-state index contributed by atoms with van der Waals surface area (Å²) in [5.74, 6) is -0.229. The van der Waals surface area contributed by atoms with E-state index in [0.29, 0.717) is 28.4 Å². The lowest BCUT2D eigenvalue weighted by molar-refractivity contribution is -0.384. The van der Waals surface area contributed by atoms with E-state index >= 15 is 0 Å². The summed E-state index contributed by atoms with van der Waals surface area (Å²) >= 11 is 5.86. The molecule has 1 N–H and O–H groups in total. The maximum absolute atomic E-state index is 13.6. The van der Waals surface area contributed by atoms with Gasteiger partial charge in [0.1, 0.15) is 11.5 Å². The van der Waals surface area contributed by atoms with E-state index in [9.17, 15) is 14.5 Å². The number of anilines is 1. The van der Waals surface area contributed by atoms with Crippen LogP contribution in [0.1, 0.15) is 16.7 Å². The smallest absolute Gasteiger partial charge is 0.292 e. The summed E-state index contributed by atoms with van der Waals surface area (Å²) in [6, 6.07) is 7.75. The number of nitrogens with zero attached hydrogens (tertiary/aromatic N) is 1. The van der Waals surface area contributed by atoms with Crippen molar-refractivity contribution in [3.8, 4) is 0 Å². The summed E-state index contributed by atoms with van der Waals surface area (Å²) in [7, 11) is 0. The molecule has 0 radical (unpaired) electrons. The van der Waals surface area contributed by atoms with Gasteiger partial charge in [-0.2, -0.15) is 0 Å². The first-order valence-electron chi connectivity index (χ1n) is 6.32. The van der Waals surface area contributed by atoms with Crippen LogP contribution in [0.4, 0.5) is 15.8 Å². The van der Waals surface area contributed by atoms with E-state index in [4.69, 9.17) is 11.6 Å². The van der Waals surface area contributed by atoms with Gasteiger partial charge in [0, 0.05) is 17.6 Å². The summed E-state index contributed by atoms with van der Waals surface area (Å²) in [5.41, 5.74) is 2.24. The maximum atomic E-state index is 13.6. The van der Waals surface area contributed by atoms with Crippen molar-refractivity contribution in [3.63, 3.8) is 0 Å². The minimum atomic E-state index is -0.472. The molecule has 0 aromatic heterocycles. The van der Waals surface area contributed by atoms with Crippen molar-refractivity contribution in [1.29, 1.82) is 0 Å². The topological polar surface area (TPSA) is 55.2 Å². The van der Waals surface area contributed by atoms with Gasteiger partial charge in [0.25, 0.3) is 5.69 Å². The monoisotopic (exact) mass is 308 g/mol. The van der Waals surface area contributed by atoms with Crippen LogP contribution < -0.4 is 5.32 Å². The van der Waals surface area contributed by atoms with Crippen molar-refractivity contribution >= 4 is 23.0 Å². The standard InChI is InChI=1S/C15H14ClFN2O2/c1-9-5-11(6-10(2)15(9)17)8-18-13-7-12(16)3-4-14(13)19(20)21/h3-7,18H,8H2,1-2H3. The lowest BCUT2D eigenvalue weighted by Crippen LogP contribution is -2.04. The molecule has 0 aliphatic heterocycles. The Bertz CT molecular complexity index is 681. The van der Waals surface area contributed by atoms with Crippen LogP contribution in [0, 0.1) is 29.8 Å². The summed E-state index contributed by atoms with van der Waals surface area (Å²) in [4.78, 5) is 10.5. The zero-order chi connectivity index (χ0) is 15.6. The number of nitro groups is 1. The second kappa shape index (κ2) is 6.10. The lowest BCUT2D eigenvalue weighted by atomic mass is 10.1. The van der Waals surface area contributed by atoms with Crippen LogP contribution in [0.2, 0.25) is 5.02 Å². The van der Waals surface area contributed by atoms with Crippen molar-refractivity contribution in [2.45, 2.75) is 20.4 Å². The van der Waals surface area contributed by atoms with Crippen molar-refractivity contribution in [3.05, 3.63) is 68.0 Å². The van der Waals surface area contributed by atoms with Gasteiger partial charge >= 0.3 is 0 Å². The number of aryl methyl sites for hydroxylation is 2. The zero-order valence-corrected chi connectivity index (χ0v) is 12.4. The van der Waals surface area contributed by atoms with Crippen LogP contribution in [0.25, 0.3) is 0 Å². The van der Waals surface area contributed by atoms with E-state index in [2.05, 4.69) is 5.32 Å². The van der Waals surface area contributed by atoms with E-state index in [-0.39, 0.29) is 11.5 Å². The van der Waals surface area contributed by atoms with Crippen molar-refractivity contribution < 1.29 is 9.31 Å². The molecule has 110 valence electrons. The number of benzene rings is 2. The lowest BCUT2D eigenvalue weighted by Gasteiger charge is -2.10. The Morgan fingerprint density at radius 2 is 1.86 bits per heavy atom. The largest absolute Gasteiger partial charge is 0.375 e. The van der Waals surface area contributed by atoms with Crippen LogP contribution in [-0.4, -0.2) is 4.92 Å². The second-order valence-electron chi connectivity index (χ2n) is 4.82. The predicted molar refractivity (Wildman–Crippen MR) is 81.3 cm³/mol. The van der Waals surface area contributed by atoms with E-state index < -0.39 is 4.92 Å². The molecule has 0 bridgehead atoms. The first-order valence-corrected chi connectivity index (χ1v) is 6.69. The molecule has 0 spiro atoms. The van der Waals surface area contributed by atoms with E-state index in [0.717, 1.165) is 5.56 Å². The number of nitrogens with one attached hydrogen (secondary N) is 1. The average Bonchev–Trinajstić information content (AvgIpc) is 2.42. The number of halogens is 2. The molecule has 0 saturated heterocycles. The molecule has 2 aromatic rings. The van der Waals surface area contributed by atoms with Crippen LogP contribution in [0.3, 0.4) is 0 Å². The number of hydrogen-bond donors (Lipinski definition) is 1. The Morgan fingerprint density at radius 3 is 2.43 bits per heavy atom. The highest BCUT2D eigenvalue weighted by molar-refractivity contribution is 6.31. The van der Waals surface area contributed by atoms with Crippen LogP contribution in [-0.2, 0) is 6.54 Å². The van der Waals surface area contributed by atoms with Gasteiger partial charge in [-0.3, -0.25) is 10.1 Å². The third-order valence-electron chi connectivity index (χ3n) is 3.13. The first kappa shape index (κ1) is 15.3. The second-order valence-corrected chi connectivity index (χ2v) is 5.25. The fourth-order valence-corrected chi connectivity index (χ4v) is 2.32. The molecule has 0 unspecified atom stereocenters. The van der Waals surface area contributed by atoms with Gasteiger partial charge in [-0.05, 0) is 42.7 Å². The molecule has 0 fully saturated rings. The molecule has 0 atom stereocenters. The van der Waals surface area contributed by atoms with Gasteiger partial charge in [-0.1, -0.05) is 23.7 Å². The SMILES string of the molecule is Cc1cc(CNc2cc(Cl)ccc2[N+](=O)[O-])cc(C)c1F. The van der Waals surface area contributed by atoms with Crippen LogP contribution in [0.5, 0.6) is 0 Å². The van der Waals surface area contributed by atoms with Crippen LogP contribution >= 0.6 is 11.6 Å². The molecule has 2 aromatic carbocycles. The highest BCUT2D eigenvalue weighted by Crippen LogP contribution is 2.28. The average molecular weight is 309 g/mol.